The molecule has 0 aromatic heterocycles. The zero-order chi connectivity index (χ0) is 14.0. The van der Waals surface area contributed by atoms with Gasteiger partial charge in [0.15, 0.2) is 0 Å². The van der Waals surface area contributed by atoms with Crippen molar-refractivity contribution in [3.63, 3.8) is 0 Å². The van der Waals surface area contributed by atoms with Crippen LogP contribution in [0.5, 0.6) is 0 Å². The number of rotatable bonds is 8. The van der Waals surface area contributed by atoms with Gasteiger partial charge in [0.1, 0.15) is 12.2 Å². The van der Waals surface area contributed by atoms with Gasteiger partial charge in [0.2, 0.25) is 0 Å². The van der Waals surface area contributed by atoms with E-state index >= 15 is 0 Å². The Morgan fingerprint density at radius 1 is 0.778 bits per heavy atom. The largest absolute Gasteiger partial charge is 0.459 e. The average Bonchev–Trinajstić information content (AvgIpc) is 2.39. The maximum atomic E-state index is 11.4. The molecule has 0 rings (SSSR count). The molecule has 0 saturated heterocycles. The molecular weight excluding hydrogens is 232 g/mol. The van der Waals surface area contributed by atoms with Crippen molar-refractivity contribution in [3.8, 4) is 0 Å². The van der Waals surface area contributed by atoms with Crippen molar-refractivity contribution in [1.82, 2.24) is 0 Å². The van der Waals surface area contributed by atoms with Crippen LogP contribution in [0.15, 0.2) is 12.2 Å². The SMILES string of the molecule is CCC(CC)OC(=O)C=CC(=O)OC(CC)CC. The lowest BCUT2D eigenvalue weighted by atomic mass is 10.2. The monoisotopic (exact) mass is 256 g/mol. The molecule has 0 radical (unpaired) electrons. The fourth-order valence-electron chi connectivity index (χ4n) is 1.45. The Labute approximate surface area is 109 Å². The Morgan fingerprint density at radius 2 is 1.06 bits per heavy atom. The van der Waals surface area contributed by atoms with Gasteiger partial charge >= 0.3 is 11.9 Å². The molecule has 4 nitrogen and oxygen atoms in total. The van der Waals surface area contributed by atoms with Crippen LogP contribution >= 0.6 is 0 Å². The van der Waals surface area contributed by atoms with Crippen LogP contribution in [0.2, 0.25) is 0 Å². The first-order chi connectivity index (χ1) is 8.57. The fraction of sp³-hybridized carbons (Fsp3) is 0.714. The molecule has 0 aromatic rings. The van der Waals surface area contributed by atoms with E-state index < -0.39 is 11.9 Å². The summed E-state index contributed by atoms with van der Waals surface area (Å²) >= 11 is 0. The lowest BCUT2D eigenvalue weighted by molar-refractivity contribution is -0.146. The van der Waals surface area contributed by atoms with Crippen molar-refractivity contribution in [2.45, 2.75) is 65.6 Å². The van der Waals surface area contributed by atoms with Gasteiger partial charge in [-0.25, -0.2) is 9.59 Å². The van der Waals surface area contributed by atoms with E-state index in [4.69, 9.17) is 9.47 Å². The second-order valence-electron chi connectivity index (χ2n) is 4.08. The normalized spacial score (nSPS) is 11.2. The van der Waals surface area contributed by atoms with Gasteiger partial charge in [-0.2, -0.15) is 0 Å². The van der Waals surface area contributed by atoms with E-state index in [0.29, 0.717) is 0 Å². The molecule has 0 aromatic carbocycles. The highest BCUT2D eigenvalue weighted by Crippen LogP contribution is 2.05. The third kappa shape index (κ3) is 7.09. The van der Waals surface area contributed by atoms with Crippen molar-refractivity contribution >= 4 is 11.9 Å². The van der Waals surface area contributed by atoms with Gasteiger partial charge in [0.05, 0.1) is 0 Å². The van der Waals surface area contributed by atoms with Crippen LogP contribution in [0, 0.1) is 0 Å². The zero-order valence-corrected chi connectivity index (χ0v) is 11.8. The average molecular weight is 256 g/mol. The summed E-state index contributed by atoms with van der Waals surface area (Å²) in [5.41, 5.74) is 0. The summed E-state index contributed by atoms with van der Waals surface area (Å²) < 4.78 is 10.2. The highest BCUT2D eigenvalue weighted by Gasteiger charge is 2.10. The molecule has 0 N–H and O–H groups in total. The Hall–Kier alpha value is -1.32. The summed E-state index contributed by atoms with van der Waals surface area (Å²) in [6.07, 6.45) is 5.17. The highest BCUT2D eigenvalue weighted by atomic mass is 16.5. The lowest BCUT2D eigenvalue weighted by Gasteiger charge is -2.13. The molecule has 0 spiro atoms. The molecule has 4 heteroatoms. The lowest BCUT2D eigenvalue weighted by Crippen LogP contribution is -2.16. The van der Waals surface area contributed by atoms with Crippen LogP contribution in [0.1, 0.15) is 53.4 Å². The van der Waals surface area contributed by atoms with E-state index in [0.717, 1.165) is 37.8 Å². The Bertz CT molecular complexity index is 248. The predicted molar refractivity (Wildman–Crippen MR) is 70.1 cm³/mol. The summed E-state index contributed by atoms with van der Waals surface area (Å²) in [5.74, 6) is -0.990. The minimum absolute atomic E-state index is 0.0859. The summed E-state index contributed by atoms with van der Waals surface area (Å²) in [4.78, 5) is 22.8. The van der Waals surface area contributed by atoms with E-state index in [9.17, 15) is 9.59 Å². The van der Waals surface area contributed by atoms with Crippen LogP contribution in [-0.2, 0) is 19.1 Å². The highest BCUT2D eigenvalue weighted by molar-refractivity contribution is 5.91. The van der Waals surface area contributed by atoms with Gasteiger partial charge in [0, 0.05) is 12.2 Å². The number of hydrogen-bond acceptors (Lipinski definition) is 4. The van der Waals surface area contributed by atoms with Crippen molar-refractivity contribution in [3.05, 3.63) is 12.2 Å². The summed E-state index contributed by atoms with van der Waals surface area (Å²) in [5, 5.41) is 0. The first-order valence-electron chi connectivity index (χ1n) is 6.66. The number of hydrogen-bond donors (Lipinski definition) is 0. The Morgan fingerprint density at radius 3 is 1.28 bits per heavy atom. The fourth-order valence-corrected chi connectivity index (χ4v) is 1.45. The van der Waals surface area contributed by atoms with Gasteiger partial charge in [-0.1, -0.05) is 27.7 Å². The third-order valence-corrected chi connectivity index (χ3v) is 2.74. The van der Waals surface area contributed by atoms with Gasteiger partial charge in [-0.05, 0) is 25.7 Å². The van der Waals surface area contributed by atoms with Crippen molar-refractivity contribution in [2.24, 2.45) is 0 Å². The zero-order valence-electron chi connectivity index (χ0n) is 11.8. The van der Waals surface area contributed by atoms with Crippen LogP contribution in [0.4, 0.5) is 0 Å². The number of carbonyl (C=O) groups is 2. The Balaban J connectivity index is 4.13. The van der Waals surface area contributed by atoms with Crippen LogP contribution in [-0.4, -0.2) is 24.1 Å². The van der Waals surface area contributed by atoms with Crippen LogP contribution < -0.4 is 0 Å². The summed E-state index contributed by atoms with van der Waals surface area (Å²) in [6.45, 7) is 7.80. The maximum Gasteiger partial charge on any atom is 0.331 e. The number of carbonyl (C=O) groups excluding carboxylic acids is 2. The Kier molecular flexibility index (Phi) is 8.97. The smallest absolute Gasteiger partial charge is 0.331 e. The molecule has 0 saturated carbocycles. The van der Waals surface area contributed by atoms with Gasteiger partial charge in [0.25, 0.3) is 0 Å². The van der Waals surface area contributed by atoms with E-state index in [1.54, 1.807) is 0 Å². The first kappa shape index (κ1) is 16.7. The molecular formula is C14H24O4. The van der Waals surface area contributed by atoms with Crippen molar-refractivity contribution in [1.29, 1.82) is 0 Å². The molecule has 0 atom stereocenters. The van der Waals surface area contributed by atoms with Crippen LogP contribution in [0.3, 0.4) is 0 Å². The van der Waals surface area contributed by atoms with Crippen LogP contribution in [0.25, 0.3) is 0 Å². The topological polar surface area (TPSA) is 52.6 Å². The molecule has 0 bridgehead atoms. The second-order valence-corrected chi connectivity index (χ2v) is 4.08. The predicted octanol–water partition coefficient (Wildman–Crippen LogP) is 3.01. The van der Waals surface area contributed by atoms with E-state index in [1.807, 2.05) is 27.7 Å². The molecule has 0 aliphatic heterocycles. The molecule has 0 heterocycles. The maximum absolute atomic E-state index is 11.4. The number of esters is 2. The van der Waals surface area contributed by atoms with Gasteiger partial charge in [-0.3, -0.25) is 0 Å². The van der Waals surface area contributed by atoms with Crippen molar-refractivity contribution < 1.29 is 19.1 Å². The number of ether oxygens (including phenoxy) is 2. The van der Waals surface area contributed by atoms with Gasteiger partial charge in [-0.15, -0.1) is 0 Å². The van der Waals surface area contributed by atoms with E-state index in [-0.39, 0.29) is 12.2 Å². The van der Waals surface area contributed by atoms with Crippen molar-refractivity contribution in [2.75, 3.05) is 0 Å². The summed E-state index contributed by atoms with van der Waals surface area (Å²) in [7, 11) is 0. The van der Waals surface area contributed by atoms with Gasteiger partial charge < -0.3 is 9.47 Å². The summed E-state index contributed by atoms with van der Waals surface area (Å²) in [6, 6.07) is 0. The first-order valence-corrected chi connectivity index (χ1v) is 6.66. The standard InChI is InChI=1S/C14H24O4/c1-5-11(6-2)17-13(15)9-10-14(16)18-12(7-3)8-4/h9-12H,5-8H2,1-4H3. The molecule has 0 aliphatic rings. The van der Waals surface area contributed by atoms with E-state index in [2.05, 4.69) is 0 Å². The second kappa shape index (κ2) is 9.68. The van der Waals surface area contributed by atoms with E-state index in [1.165, 1.54) is 0 Å². The molecule has 0 fully saturated rings. The quantitative estimate of drug-likeness (QED) is 0.495. The molecule has 0 aliphatic carbocycles. The minimum atomic E-state index is -0.495. The third-order valence-electron chi connectivity index (χ3n) is 2.74. The molecule has 104 valence electrons. The minimum Gasteiger partial charge on any atom is -0.459 e. The molecule has 18 heavy (non-hydrogen) atoms. The molecule has 0 unspecified atom stereocenters. The molecule has 0 amide bonds.